The average Bonchev–Trinajstić information content (AvgIpc) is 2.88. The molecule has 1 atom stereocenters. The van der Waals surface area contributed by atoms with Crippen LogP contribution in [0.15, 0.2) is 71.9 Å². The van der Waals surface area contributed by atoms with Gasteiger partial charge in [-0.15, -0.1) is 0 Å². The van der Waals surface area contributed by atoms with Crippen LogP contribution in [0.3, 0.4) is 0 Å². The van der Waals surface area contributed by atoms with Gasteiger partial charge in [0.1, 0.15) is 24.9 Å². The number of carbonyl (C=O) groups is 3. The lowest BCUT2D eigenvalue weighted by Gasteiger charge is -2.21. The summed E-state index contributed by atoms with van der Waals surface area (Å²) in [4.78, 5) is 39.4. The highest BCUT2D eigenvalue weighted by Gasteiger charge is 2.31. The fourth-order valence-corrected chi connectivity index (χ4v) is 5.18. The Hall–Kier alpha value is -3.71. The predicted octanol–water partition coefficient (Wildman–Crippen LogP) is 2.85. The molecule has 14 heteroatoms. The number of benzene rings is 2. The summed E-state index contributed by atoms with van der Waals surface area (Å²) in [5.41, 5.74) is 1.15. The Morgan fingerprint density at radius 2 is 1.62 bits per heavy atom. The lowest BCUT2D eigenvalue weighted by molar-refractivity contribution is -0.142. The number of hydrogen-bond acceptors (Lipinski definition) is 7. The van der Waals surface area contributed by atoms with Gasteiger partial charge in [-0.25, -0.2) is 18.2 Å². The fourth-order valence-electron chi connectivity index (χ4n) is 3.39. The summed E-state index contributed by atoms with van der Waals surface area (Å²) in [7, 11) is -4.44. The Balaban J connectivity index is 1.65. The molecule has 0 aliphatic carbocycles. The van der Waals surface area contributed by atoms with E-state index in [2.05, 4.69) is 10.3 Å². The van der Waals surface area contributed by atoms with Gasteiger partial charge in [-0.1, -0.05) is 47.5 Å². The van der Waals surface area contributed by atoms with Crippen molar-refractivity contribution in [2.24, 2.45) is 0 Å². The van der Waals surface area contributed by atoms with Gasteiger partial charge in [0.25, 0.3) is 10.0 Å². The predicted molar refractivity (Wildman–Crippen MR) is 141 cm³/mol. The van der Waals surface area contributed by atoms with E-state index < -0.39 is 52.0 Å². The Kier molecular flexibility index (Phi) is 10.2. The van der Waals surface area contributed by atoms with E-state index in [4.69, 9.17) is 33.0 Å². The van der Waals surface area contributed by atoms with E-state index in [-0.39, 0.29) is 13.0 Å². The Labute approximate surface area is 234 Å². The van der Waals surface area contributed by atoms with Crippen LogP contribution in [0.4, 0.5) is 0 Å². The van der Waals surface area contributed by atoms with Gasteiger partial charge in [0.2, 0.25) is 5.91 Å². The molecule has 3 rings (SSSR count). The molecule has 1 aromatic heterocycles. The Morgan fingerprint density at radius 1 is 0.949 bits per heavy atom. The van der Waals surface area contributed by atoms with Crippen molar-refractivity contribution < 1.29 is 37.8 Å². The summed E-state index contributed by atoms with van der Waals surface area (Å²) in [6, 6.07) is 14.1. The third kappa shape index (κ3) is 8.39. The molecule has 1 heterocycles. The van der Waals surface area contributed by atoms with Crippen molar-refractivity contribution in [3.63, 3.8) is 0 Å². The quantitative estimate of drug-likeness (QED) is 0.269. The Morgan fingerprint density at radius 3 is 2.18 bits per heavy atom. The second-order valence-corrected chi connectivity index (χ2v) is 10.8. The summed E-state index contributed by atoms with van der Waals surface area (Å²) in [6.07, 6.45) is 1.07. The zero-order valence-electron chi connectivity index (χ0n) is 20.2. The molecule has 1 amide bonds. The van der Waals surface area contributed by atoms with Gasteiger partial charge in [0, 0.05) is 28.2 Å². The molecule has 0 spiro atoms. The molecular weight excluding hydrogens is 573 g/mol. The molecule has 0 fully saturated rings. The van der Waals surface area contributed by atoms with Crippen LogP contribution in [0.5, 0.6) is 5.75 Å². The number of nitrogens with one attached hydrogen (secondary N) is 1. The van der Waals surface area contributed by atoms with Gasteiger partial charge >= 0.3 is 11.9 Å². The van der Waals surface area contributed by atoms with E-state index in [1.807, 2.05) is 0 Å². The topological polar surface area (TPSA) is 163 Å². The largest absolute Gasteiger partial charge is 0.489 e. The number of ether oxygens (including phenoxy) is 1. The lowest BCUT2D eigenvalue weighted by atomic mass is 10.1. The zero-order valence-corrected chi connectivity index (χ0v) is 22.5. The van der Waals surface area contributed by atoms with Crippen molar-refractivity contribution in [1.29, 1.82) is 0 Å². The Bertz CT molecular complexity index is 1420. The van der Waals surface area contributed by atoms with Crippen LogP contribution in [0.25, 0.3) is 0 Å². The van der Waals surface area contributed by atoms with Gasteiger partial charge in [-0.2, -0.15) is 4.31 Å². The molecule has 0 saturated heterocycles. The number of nitrogens with zero attached hydrogens (tertiary/aromatic N) is 2. The van der Waals surface area contributed by atoms with Crippen molar-refractivity contribution in [2.75, 3.05) is 13.1 Å². The standard InChI is InChI=1S/C25H23Cl2N3O8S/c26-19-4-3-5-20(27)18(19)15-38-17-9-7-16(8-10-17)12-21(25(34)35)29-22(31)13-30(14-24(32)33)39(36,37)23-6-1-2-11-28-23/h1-11,21H,12-15H2,(H,29,31)(H,32,33)(H,34,35)/t21-/m0/s1. The number of sulfonamides is 1. The van der Waals surface area contributed by atoms with Gasteiger partial charge in [0.05, 0.1) is 6.54 Å². The van der Waals surface area contributed by atoms with Crippen LogP contribution >= 0.6 is 23.2 Å². The molecule has 3 aromatic rings. The van der Waals surface area contributed by atoms with E-state index in [0.29, 0.717) is 31.2 Å². The molecular formula is C25H23Cl2N3O8S. The number of carboxylic acid groups (broad SMARTS) is 2. The molecule has 0 bridgehead atoms. The molecule has 39 heavy (non-hydrogen) atoms. The van der Waals surface area contributed by atoms with Crippen molar-refractivity contribution in [1.82, 2.24) is 14.6 Å². The van der Waals surface area contributed by atoms with Gasteiger partial charge in [-0.3, -0.25) is 9.59 Å². The number of rotatable bonds is 13. The summed E-state index contributed by atoms with van der Waals surface area (Å²) in [5, 5.41) is 21.5. The fraction of sp³-hybridized carbons (Fsp3) is 0.200. The number of pyridine rings is 1. The van der Waals surface area contributed by atoms with Crippen LogP contribution in [0.1, 0.15) is 11.1 Å². The first-order valence-electron chi connectivity index (χ1n) is 11.3. The highest BCUT2D eigenvalue weighted by atomic mass is 35.5. The molecule has 0 aliphatic rings. The second-order valence-electron chi connectivity index (χ2n) is 8.13. The van der Waals surface area contributed by atoms with Crippen molar-refractivity contribution in [3.05, 3.63) is 88.0 Å². The van der Waals surface area contributed by atoms with E-state index in [9.17, 15) is 27.9 Å². The minimum absolute atomic E-state index is 0.111. The maximum Gasteiger partial charge on any atom is 0.326 e. The third-order valence-corrected chi connectivity index (χ3v) is 7.73. The van der Waals surface area contributed by atoms with Gasteiger partial charge in [-0.05, 0) is 42.0 Å². The SMILES string of the molecule is O=C(O)CN(CC(=O)N[C@@H](Cc1ccc(OCc2c(Cl)cccc2Cl)cc1)C(=O)O)S(=O)(=O)c1ccccn1. The molecule has 0 radical (unpaired) electrons. The molecule has 206 valence electrons. The van der Waals surface area contributed by atoms with Crippen molar-refractivity contribution >= 4 is 51.1 Å². The first-order valence-corrected chi connectivity index (χ1v) is 13.5. The normalized spacial score (nSPS) is 12.1. The maximum absolute atomic E-state index is 12.8. The highest BCUT2D eigenvalue weighted by molar-refractivity contribution is 7.89. The zero-order chi connectivity index (χ0) is 28.6. The van der Waals surface area contributed by atoms with Crippen LogP contribution in [-0.2, 0) is 37.4 Å². The number of hydrogen-bond donors (Lipinski definition) is 3. The maximum atomic E-state index is 12.8. The van der Waals surface area contributed by atoms with Crippen molar-refractivity contribution in [2.45, 2.75) is 24.1 Å². The number of aromatic nitrogens is 1. The van der Waals surface area contributed by atoms with Crippen LogP contribution in [0, 0.1) is 0 Å². The monoisotopic (exact) mass is 595 g/mol. The van der Waals surface area contributed by atoms with Crippen LogP contribution in [0.2, 0.25) is 10.0 Å². The van der Waals surface area contributed by atoms with E-state index in [0.717, 1.165) is 6.07 Å². The van der Waals surface area contributed by atoms with E-state index >= 15 is 0 Å². The summed E-state index contributed by atoms with van der Waals surface area (Å²) in [6.45, 7) is -1.84. The highest BCUT2D eigenvalue weighted by Crippen LogP contribution is 2.26. The molecule has 0 saturated carbocycles. The van der Waals surface area contributed by atoms with E-state index in [1.54, 1.807) is 42.5 Å². The lowest BCUT2D eigenvalue weighted by Crippen LogP contribution is -2.48. The molecule has 2 aromatic carbocycles. The first-order chi connectivity index (χ1) is 18.5. The minimum Gasteiger partial charge on any atom is -0.489 e. The van der Waals surface area contributed by atoms with Crippen LogP contribution < -0.4 is 10.1 Å². The number of amides is 1. The summed E-state index contributed by atoms with van der Waals surface area (Å²) >= 11 is 12.3. The molecule has 0 unspecified atom stereocenters. The number of halogens is 2. The van der Waals surface area contributed by atoms with Crippen molar-refractivity contribution in [3.8, 4) is 5.75 Å². The number of carboxylic acids is 2. The summed E-state index contributed by atoms with van der Waals surface area (Å²) in [5.74, 6) is -3.40. The van der Waals surface area contributed by atoms with Gasteiger partial charge in [0.15, 0.2) is 5.03 Å². The minimum atomic E-state index is -4.44. The van der Waals surface area contributed by atoms with E-state index in [1.165, 1.54) is 18.3 Å². The smallest absolute Gasteiger partial charge is 0.326 e. The number of aliphatic carboxylic acids is 2. The first kappa shape index (κ1) is 29.8. The molecule has 3 N–H and O–H groups in total. The molecule has 0 aliphatic heterocycles. The number of carbonyl (C=O) groups excluding carboxylic acids is 1. The molecule has 11 nitrogen and oxygen atoms in total. The van der Waals surface area contributed by atoms with Crippen LogP contribution in [-0.4, -0.2) is 64.9 Å². The third-order valence-electron chi connectivity index (χ3n) is 5.31. The average molecular weight is 596 g/mol. The van der Waals surface area contributed by atoms with Gasteiger partial charge < -0.3 is 20.3 Å². The summed E-state index contributed by atoms with van der Waals surface area (Å²) < 4.78 is 31.7. The second kappa shape index (κ2) is 13.4.